The van der Waals surface area contributed by atoms with E-state index in [1.807, 2.05) is 19.1 Å². The number of aliphatic carboxylic acids is 1. The van der Waals surface area contributed by atoms with Crippen molar-refractivity contribution in [1.29, 1.82) is 0 Å². The van der Waals surface area contributed by atoms with Crippen LogP contribution in [0.5, 0.6) is 0 Å². The van der Waals surface area contributed by atoms with Crippen LogP contribution in [-0.2, 0) is 11.2 Å². The van der Waals surface area contributed by atoms with Gasteiger partial charge in [-0.2, -0.15) is 0 Å². The van der Waals surface area contributed by atoms with Gasteiger partial charge in [0, 0.05) is 28.4 Å². The average Bonchev–Trinajstić information content (AvgIpc) is 3.09. The molecule has 2 aromatic heterocycles. The van der Waals surface area contributed by atoms with Gasteiger partial charge in [0.1, 0.15) is 0 Å². The Morgan fingerprint density at radius 1 is 1.45 bits per heavy atom. The predicted molar refractivity (Wildman–Crippen MR) is 108 cm³/mol. The number of hydrogen-bond donors (Lipinski definition) is 3. The summed E-state index contributed by atoms with van der Waals surface area (Å²) in [5, 5.41) is 36.4. The van der Waals surface area contributed by atoms with Gasteiger partial charge in [-0.1, -0.05) is 13.8 Å². The van der Waals surface area contributed by atoms with Crippen LogP contribution in [0.25, 0.3) is 0 Å². The molecule has 0 aliphatic heterocycles. The quantitative estimate of drug-likeness (QED) is 0.680. The normalized spacial score (nSPS) is 33.6. The minimum atomic E-state index is -1.10. The minimum Gasteiger partial charge on any atom is -0.550 e. The van der Waals surface area contributed by atoms with E-state index in [0.29, 0.717) is 24.4 Å². The van der Waals surface area contributed by atoms with Gasteiger partial charge >= 0.3 is 0 Å². The Hall–Kier alpha value is -2.03. The Labute approximate surface area is 173 Å². The number of hydrogen-bond acceptors (Lipinski definition) is 8. The molecule has 0 amide bonds. The molecule has 3 N–H and O–H groups in total. The zero-order chi connectivity index (χ0) is 20.8. The summed E-state index contributed by atoms with van der Waals surface area (Å²) in [6.07, 6.45) is 4.56. The maximum atomic E-state index is 11.6. The summed E-state index contributed by atoms with van der Waals surface area (Å²) >= 11 is 1.50. The summed E-state index contributed by atoms with van der Waals surface area (Å²) in [7, 11) is 0. The van der Waals surface area contributed by atoms with Gasteiger partial charge in [0.05, 0.1) is 30.3 Å². The van der Waals surface area contributed by atoms with Crippen molar-refractivity contribution >= 4 is 28.1 Å². The number of carbonyl (C=O) groups is 1. The van der Waals surface area contributed by atoms with Crippen molar-refractivity contribution in [2.45, 2.75) is 51.6 Å². The van der Waals surface area contributed by atoms with Crippen molar-refractivity contribution in [1.82, 2.24) is 9.97 Å². The number of rotatable bonds is 5. The Balaban J connectivity index is 1.76. The third-order valence-electron chi connectivity index (χ3n) is 7.18. The smallest absolute Gasteiger partial charge is 0.187 e. The van der Waals surface area contributed by atoms with Crippen LogP contribution in [0.2, 0.25) is 0 Å². The van der Waals surface area contributed by atoms with Crippen LogP contribution in [-0.4, -0.2) is 38.9 Å². The predicted octanol–water partition coefficient (Wildman–Crippen LogP) is 1.84. The molecule has 0 spiro atoms. The van der Waals surface area contributed by atoms with Gasteiger partial charge in [-0.25, -0.2) is 4.98 Å². The van der Waals surface area contributed by atoms with Gasteiger partial charge in [0.2, 0.25) is 0 Å². The van der Waals surface area contributed by atoms with Crippen molar-refractivity contribution < 1.29 is 20.1 Å². The highest BCUT2D eigenvalue weighted by atomic mass is 32.1. The van der Waals surface area contributed by atoms with E-state index >= 15 is 0 Å². The molecule has 1 fully saturated rings. The largest absolute Gasteiger partial charge is 0.550 e. The lowest BCUT2D eigenvalue weighted by Crippen LogP contribution is -2.57. The van der Waals surface area contributed by atoms with Gasteiger partial charge in [0.15, 0.2) is 5.13 Å². The molecular formula is C21H26N3O4S-. The van der Waals surface area contributed by atoms with Crippen LogP contribution in [0.15, 0.2) is 24.5 Å². The standard InChI is InChI=1S/C21H27N3O4S/c1-20-6-5-16(26)21(2,11-25)15(20)9-14-18(13(20)8-17(27)28)24-19(29-14)23-12-4-3-7-22-10-12/h3-4,7,10,13,15-16,25-26H,5-6,8-9,11H2,1-2H3,(H,23,24)(H,27,28)/p-1/t13-,15+,16-,20+,21+/m1/s1. The maximum Gasteiger partial charge on any atom is 0.187 e. The SMILES string of the molecule is C[C@]1(CO)[C@H]2Cc3sc(Nc4cccnc4)nc3[C@@H](CC(=O)[O-])[C@]2(C)CC[C@H]1O. The molecule has 0 unspecified atom stereocenters. The van der Waals surface area contributed by atoms with Crippen molar-refractivity contribution in [3.8, 4) is 0 Å². The fraction of sp³-hybridized carbons (Fsp3) is 0.571. The van der Waals surface area contributed by atoms with E-state index < -0.39 is 17.5 Å². The molecule has 2 aliphatic carbocycles. The molecule has 8 heteroatoms. The Bertz CT molecular complexity index is 905. The molecular weight excluding hydrogens is 390 g/mol. The lowest BCUT2D eigenvalue weighted by molar-refractivity contribution is -0.307. The number of thiazole rings is 1. The van der Waals surface area contributed by atoms with E-state index in [9.17, 15) is 20.1 Å². The number of aliphatic hydroxyl groups is 2. The number of fused-ring (bicyclic) bond motifs is 2. The summed E-state index contributed by atoms with van der Waals surface area (Å²) in [6, 6.07) is 3.73. The summed E-state index contributed by atoms with van der Waals surface area (Å²) in [5.74, 6) is -1.47. The monoisotopic (exact) mass is 416 g/mol. The first-order valence-electron chi connectivity index (χ1n) is 9.93. The van der Waals surface area contributed by atoms with E-state index in [-0.39, 0.29) is 30.3 Å². The minimum absolute atomic E-state index is 0.0488. The fourth-order valence-corrected chi connectivity index (χ4v) is 6.51. The fourth-order valence-electron chi connectivity index (χ4n) is 5.43. The Morgan fingerprint density at radius 3 is 2.90 bits per heavy atom. The van der Waals surface area contributed by atoms with E-state index in [1.165, 1.54) is 11.3 Å². The van der Waals surface area contributed by atoms with Crippen molar-refractivity contribution in [2.75, 3.05) is 11.9 Å². The number of carbonyl (C=O) groups excluding carboxylic acids is 1. The molecule has 0 aromatic carbocycles. The molecule has 7 nitrogen and oxygen atoms in total. The number of carboxylic acids is 1. The molecule has 2 heterocycles. The zero-order valence-corrected chi connectivity index (χ0v) is 17.4. The number of nitrogens with one attached hydrogen (secondary N) is 1. The first-order valence-corrected chi connectivity index (χ1v) is 10.7. The number of carboxylic acid groups (broad SMARTS) is 1. The Kier molecular flexibility index (Phi) is 5.13. The molecule has 29 heavy (non-hydrogen) atoms. The van der Waals surface area contributed by atoms with Gasteiger partial charge in [-0.05, 0) is 49.1 Å². The number of aliphatic hydroxyl groups excluding tert-OH is 2. The summed E-state index contributed by atoms with van der Waals surface area (Å²) in [6.45, 7) is 3.86. The van der Waals surface area contributed by atoms with Crippen molar-refractivity contribution in [2.24, 2.45) is 16.7 Å². The number of aromatic nitrogens is 2. The van der Waals surface area contributed by atoms with E-state index in [2.05, 4.69) is 17.2 Å². The van der Waals surface area contributed by atoms with E-state index in [1.54, 1.807) is 12.4 Å². The first-order chi connectivity index (χ1) is 13.8. The topological polar surface area (TPSA) is 118 Å². The molecule has 5 atom stereocenters. The van der Waals surface area contributed by atoms with Gasteiger partial charge in [0.25, 0.3) is 0 Å². The molecule has 2 aliphatic rings. The molecule has 2 aromatic rings. The van der Waals surface area contributed by atoms with Crippen LogP contribution in [0.4, 0.5) is 10.8 Å². The highest BCUT2D eigenvalue weighted by Crippen LogP contribution is 2.62. The lowest BCUT2D eigenvalue weighted by Gasteiger charge is -2.58. The highest BCUT2D eigenvalue weighted by molar-refractivity contribution is 7.15. The van der Waals surface area contributed by atoms with Crippen LogP contribution < -0.4 is 10.4 Å². The first kappa shape index (κ1) is 20.3. The van der Waals surface area contributed by atoms with Gasteiger partial charge in [-0.15, -0.1) is 11.3 Å². The third-order valence-corrected chi connectivity index (χ3v) is 8.19. The molecule has 0 radical (unpaired) electrons. The van der Waals surface area contributed by atoms with Crippen molar-refractivity contribution in [3.63, 3.8) is 0 Å². The third kappa shape index (κ3) is 3.33. The summed E-state index contributed by atoms with van der Waals surface area (Å²) < 4.78 is 0. The van der Waals surface area contributed by atoms with Crippen LogP contribution in [0.3, 0.4) is 0 Å². The Morgan fingerprint density at radius 2 is 2.24 bits per heavy atom. The van der Waals surface area contributed by atoms with Crippen LogP contribution in [0.1, 0.15) is 49.6 Å². The second-order valence-electron chi connectivity index (χ2n) is 8.80. The average molecular weight is 417 g/mol. The molecule has 4 rings (SSSR count). The summed E-state index contributed by atoms with van der Waals surface area (Å²) in [5.41, 5.74) is 0.550. The number of pyridine rings is 1. The zero-order valence-electron chi connectivity index (χ0n) is 16.6. The van der Waals surface area contributed by atoms with Crippen LogP contribution >= 0.6 is 11.3 Å². The molecule has 156 valence electrons. The van der Waals surface area contributed by atoms with Crippen molar-refractivity contribution in [3.05, 3.63) is 35.1 Å². The van der Waals surface area contributed by atoms with Crippen LogP contribution in [0, 0.1) is 16.7 Å². The maximum absolute atomic E-state index is 11.6. The molecule has 1 saturated carbocycles. The van der Waals surface area contributed by atoms with E-state index in [4.69, 9.17) is 4.98 Å². The summed E-state index contributed by atoms with van der Waals surface area (Å²) in [4.78, 5) is 21.5. The second kappa shape index (κ2) is 7.34. The number of nitrogens with zero attached hydrogens (tertiary/aromatic N) is 2. The molecule has 0 bridgehead atoms. The van der Waals surface area contributed by atoms with E-state index in [0.717, 1.165) is 16.3 Å². The molecule has 0 saturated heterocycles. The number of anilines is 2. The van der Waals surface area contributed by atoms with Gasteiger partial charge < -0.3 is 25.4 Å². The highest BCUT2D eigenvalue weighted by Gasteiger charge is 2.58. The lowest BCUT2D eigenvalue weighted by atomic mass is 9.47. The van der Waals surface area contributed by atoms with Gasteiger partial charge in [-0.3, -0.25) is 4.98 Å². The second-order valence-corrected chi connectivity index (χ2v) is 9.89.